The summed E-state index contributed by atoms with van der Waals surface area (Å²) in [5.41, 5.74) is 19.9. The topological polar surface area (TPSA) is 17.1 Å². The molecule has 290 valence electrons. The molecule has 1 aliphatic rings. The highest BCUT2D eigenvalue weighted by Crippen LogP contribution is 2.62. The normalized spacial score (nSPS) is 11.6. The van der Waals surface area contributed by atoms with Gasteiger partial charge in [-0.3, -0.25) is 4.79 Å². The van der Waals surface area contributed by atoms with E-state index in [-0.39, 0.29) is 5.78 Å². The van der Waals surface area contributed by atoms with Gasteiger partial charge >= 0.3 is 0 Å². The molecular weight excluding hydrogens is 749 g/mol. The van der Waals surface area contributed by atoms with Crippen molar-refractivity contribution in [3.8, 4) is 100 Å². The highest BCUT2D eigenvalue weighted by atomic mass is 16.1. The van der Waals surface area contributed by atoms with Crippen LogP contribution in [0.2, 0.25) is 0 Å². The zero-order valence-electron chi connectivity index (χ0n) is 34.0. The Balaban J connectivity index is 1.47. The highest BCUT2D eigenvalue weighted by Gasteiger charge is 2.42. The monoisotopic (exact) mass is 788 g/mol. The van der Waals surface area contributed by atoms with E-state index in [9.17, 15) is 0 Å². The quantitative estimate of drug-likeness (QED) is 0.150. The number of rotatable bonds is 8. The van der Waals surface area contributed by atoms with Crippen LogP contribution in [0.25, 0.3) is 100 Å². The minimum absolute atomic E-state index is 0.0238. The molecular formula is C61H40O. The molecule has 0 saturated heterocycles. The van der Waals surface area contributed by atoms with Crippen LogP contribution < -0.4 is 0 Å². The van der Waals surface area contributed by atoms with Crippen molar-refractivity contribution in [1.82, 2.24) is 0 Å². The summed E-state index contributed by atoms with van der Waals surface area (Å²) in [4.78, 5) is 16.7. The number of carbonyl (C=O) groups is 1. The molecule has 0 amide bonds. The number of hydrogen-bond donors (Lipinski definition) is 0. The lowest BCUT2D eigenvalue weighted by atomic mass is 9.74. The fraction of sp³-hybridized carbons (Fsp3) is 0. The summed E-state index contributed by atoms with van der Waals surface area (Å²) in [6.45, 7) is 0. The maximum Gasteiger partial charge on any atom is 0.195 e. The van der Waals surface area contributed by atoms with Gasteiger partial charge in [-0.25, -0.2) is 0 Å². The van der Waals surface area contributed by atoms with E-state index in [4.69, 9.17) is 0 Å². The summed E-state index contributed by atoms with van der Waals surface area (Å²) in [5.74, 6) is 0.0238. The van der Waals surface area contributed by atoms with Crippen LogP contribution in [0.5, 0.6) is 0 Å². The highest BCUT2D eigenvalue weighted by molar-refractivity contribution is 6.36. The molecule has 0 unspecified atom stereocenters. The summed E-state index contributed by atoms with van der Waals surface area (Å²) >= 11 is 0. The Morgan fingerprint density at radius 2 is 0.274 bits per heavy atom. The minimum Gasteiger partial charge on any atom is -0.289 e. The molecule has 0 aliphatic heterocycles. The molecule has 1 nitrogen and oxygen atoms in total. The molecule has 0 bridgehead atoms. The Morgan fingerprint density at radius 1 is 0.145 bits per heavy atom. The maximum atomic E-state index is 16.7. The molecule has 0 heterocycles. The van der Waals surface area contributed by atoms with Crippen LogP contribution in [-0.4, -0.2) is 5.78 Å². The van der Waals surface area contributed by atoms with E-state index >= 15 is 4.79 Å². The number of ketones is 1. The van der Waals surface area contributed by atoms with E-state index < -0.39 is 0 Å². The van der Waals surface area contributed by atoms with Crippen LogP contribution in [0.15, 0.2) is 243 Å². The third-order valence-electron chi connectivity index (χ3n) is 12.2. The molecule has 1 heteroatoms. The fourth-order valence-electron chi connectivity index (χ4n) is 9.73. The summed E-state index contributed by atoms with van der Waals surface area (Å²) in [6, 6.07) is 85.3. The fourth-order valence-corrected chi connectivity index (χ4v) is 9.73. The average Bonchev–Trinajstić information content (AvgIpc) is 3.66. The average molecular weight is 789 g/mol. The van der Waals surface area contributed by atoms with Gasteiger partial charge in [-0.1, -0.05) is 243 Å². The Hall–Kier alpha value is -8.13. The lowest BCUT2D eigenvalue weighted by Gasteiger charge is -2.27. The molecule has 62 heavy (non-hydrogen) atoms. The number of benzene rings is 10. The Morgan fingerprint density at radius 3 is 0.435 bits per heavy atom. The molecule has 0 atom stereocenters. The lowest BCUT2D eigenvalue weighted by molar-refractivity contribution is 0.104. The molecule has 1 aliphatic carbocycles. The van der Waals surface area contributed by atoms with E-state index in [0.29, 0.717) is 0 Å². The first-order chi connectivity index (χ1) is 30.8. The molecule has 0 saturated carbocycles. The summed E-state index contributed by atoms with van der Waals surface area (Å²) in [7, 11) is 0. The van der Waals surface area contributed by atoms with E-state index in [1.807, 2.05) is 0 Å². The van der Waals surface area contributed by atoms with Crippen molar-refractivity contribution < 1.29 is 4.79 Å². The second-order valence-corrected chi connectivity index (χ2v) is 15.8. The first-order valence-corrected chi connectivity index (χ1v) is 21.2. The molecule has 0 spiro atoms. The van der Waals surface area contributed by atoms with Gasteiger partial charge < -0.3 is 0 Å². The van der Waals surface area contributed by atoms with Gasteiger partial charge in [0, 0.05) is 33.4 Å². The van der Waals surface area contributed by atoms with Crippen molar-refractivity contribution in [2.24, 2.45) is 0 Å². The molecule has 10 aromatic carbocycles. The van der Waals surface area contributed by atoms with Crippen LogP contribution in [0.1, 0.15) is 15.9 Å². The smallest absolute Gasteiger partial charge is 0.195 e. The predicted molar refractivity (Wildman–Crippen MR) is 259 cm³/mol. The van der Waals surface area contributed by atoms with Crippen LogP contribution in [0.4, 0.5) is 0 Å². The third-order valence-corrected chi connectivity index (χ3v) is 12.2. The van der Waals surface area contributed by atoms with Gasteiger partial charge in [-0.2, -0.15) is 0 Å². The van der Waals surface area contributed by atoms with Gasteiger partial charge in [-0.15, -0.1) is 0 Å². The van der Waals surface area contributed by atoms with Gasteiger partial charge in [0.1, 0.15) is 0 Å². The van der Waals surface area contributed by atoms with Crippen molar-refractivity contribution in [3.63, 3.8) is 0 Å². The van der Waals surface area contributed by atoms with Crippen molar-refractivity contribution in [1.29, 1.82) is 0 Å². The Labute approximate surface area is 362 Å². The molecule has 10 aromatic rings. The summed E-state index contributed by atoms with van der Waals surface area (Å²) in [6.07, 6.45) is 0. The van der Waals surface area contributed by atoms with Gasteiger partial charge in [-0.05, 0) is 77.9 Å². The van der Waals surface area contributed by atoms with E-state index in [2.05, 4.69) is 243 Å². The minimum atomic E-state index is 0.0238. The summed E-state index contributed by atoms with van der Waals surface area (Å²) < 4.78 is 0. The van der Waals surface area contributed by atoms with Gasteiger partial charge in [0.25, 0.3) is 0 Å². The van der Waals surface area contributed by atoms with Crippen molar-refractivity contribution in [2.45, 2.75) is 0 Å². The molecule has 11 rings (SSSR count). The van der Waals surface area contributed by atoms with E-state index in [1.54, 1.807) is 0 Å². The molecule has 0 aromatic heterocycles. The Bertz CT molecular complexity index is 3000. The SMILES string of the molecule is O=C1c2c(-c3ccccc3)c(-c3ccccc3)c(-c3ccccc3)c(-c3ccccc3)c2-c2c1c(-c1ccccc1)c(-c1ccccc1)c(-c1ccccc1)c2-c1ccccc1. The second kappa shape index (κ2) is 15.8. The van der Waals surface area contributed by atoms with E-state index in [0.717, 1.165) is 111 Å². The largest absolute Gasteiger partial charge is 0.289 e. The van der Waals surface area contributed by atoms with Crippen LogP contribution in [0.3, 0.4) is 0 Å². The van der Waals surface area contributed by atoms with Gasteiger partial charge in [0.05, 0.1) is 0 Å². The zero-order chi connectivity index (χ0) is 41.4. The molecule has 0 radical (unpaired) electrons. The number of fused-ring (bicyclic) bond motifs is 3. The van der Waals surface area contributed by atoms with Crippen molar-refractivity contribution >= 4 is 5.78 Å². The Kier molecular flexibility index (Phi) is 9.41. The lowest BCUT2D eigenvalue weighted by Crippen LogP contribution is -2.06. The van der Waals surface area contributed by atoms with Crippen LogP contribution in [-0.2, 0) is 0 Å². The molecule has 0 N–H and O–H groups in total. The predicted octanol–water partition coefficient (Wildman–Crippen LogP) is 16.2. The van der Waals surface area contributed by atoms with Crippen molar-refractivity contribution in [3.05, 3.63) is 254 Å². The first-order valence-electron chi connectivity index (χ1n) is 21.2. The maximum absolute atomic E-state index is 16.7. The standard InChI is InChI=1S/C61H40O/c62-61-59-55(47-37-21-7-22-38-47)51(43-29-13-3-14-30-43)49(41-25-9-1-10-26-41)53(45-33-17-5-18-34-45)57(59)58-54(46-35-19-6-20-36-46)50(42-27-11-2-12-28-42)52(44-31-15-4-16-32-44)56(60(58)61)48-39-23-8-24-40-48/h1-40H. The molecule has 0 fully saturated rings. The number of carbonyl (C=O) groups excluding carboxylic acids is 1. The summed E-state index contributed by atoms with van der Waals surface area (Å²) in [5, 5.41) is 0. The van der Waals surface area contributed by atoms with Gasteiger partial charge in [0.15, 0.2) is 5.78 Å². The van der Waals surface area contributed by atoms with Crippen LogP contribution >= 0.6 is 0 Å². The van der Waals surface area contributed by atoms with Crippen LogP contribution in [0, 0.1) is 0 Å². The zero-order valence-corrected chi connectivity index (χ0v) is 34.0. The van der Waals surface area contributed by atoms with Crippen molar-refractivity contribution in [2.75, 3.05) is 0 Å². The second-order valence-electron chi connectivity index (χ2n) is 15.8. The van der Waals surface area contributed by atoms with E-state index in [1.165, 1.54) is 0 Å². The first kappa shape index (κ1) is 36.9. The third kappa shape index (κ3) is 6.14. The number of hydrogen-bond acceptors (Lipinski definition) is 1. The van der Waals surface area contributed by atoms with Gasteiger partial charge in [0.2, 0.25) is 0 Å².